The predicted octanol–water partition coefficient (Wildman–Crippen LogP) is -0.194. The molecule has 1 heterocycles. The monoisotopic (exact) mass is 199 g/mol. The number of hydrogen-bond acceptors (Lipinski definition) is 3. The lowest BCUT2D eigenvalue weighted by molar-refractivity contribution is -0.122. The smallest absolute Gasteiger partial charge is 0.234 e. The molecular formula is C10H21N3O. The quantitative estimate of drug-likeness (QED) is 0.662. The van der Waals surface area contributed by atoms with Crippen LogP contribution in [0, 0.1) is 0 Å². The zero-order chi connectivity index (χ0) is 10.6. The second-order valence-electron chi connectivity index (χ2n) is 4.44. The van der Waals surface area contributed by atoms with Gasteiger partial charge in [0.1, 0.15) is 0 Å². The third-order valence-corrected chi connectivity index (χ3v) is 2.87. The van der Waals surface area contributed by atoms with Crippen molar-refractivity contribution in [2.75, 3.05) is 33.7 Å². The standard InChI is InChI=1S/C10H21N3O/c1-10(12-9(14)8-11-2)4-6-13(3)7-5-10/h11H,4-8H2,1-3H3,(H,12,14). The van der Waals surface area contributed by atoms with Crippen molar-refractivity contribution in [3.63, 3.8) is 0 Å². The van der Waals surface area contributed by atoms with Gasteiger partial charge in [0.25, 0.3) is 0 Å². The zero-order valence-electron chi connectivity index (χ0n) is 9.39. The van der Waals surface area contributed by atoms with E-state index in [2.05, 4.69) is 29.5 Å². The fraction of sp³-hybridized carbons (Fsp3) is 0.900. The van der Waals surface area contributed by atoms with E-state index in [1.807, 2.05) is 0 Å². The molecule has 1 rings (SSSR count). The summed E-state index contributed by atoms with van der Waals surface area (Å²) in [6.45, 7) is 4.67. The molecule has 0 radical (unpaired) electrons. The number of nitrogens with zero attached hydrogens (tertiary/aromatic N) is 1. The van der Waals surface area contributed by atoms with E-state index in [9.17, 15) is 4.79 Å². The lowest BCUT2D eigenvalue weighted by Crippen LogP contribution is -2.54. The van der Waals surface area contributed by atoms with Gasteiger partial charge in [0.2, 0.25) is 5.91 Å². The number of hydrogen-bond donors (Lipinski definition) is 2. The molecule has 0 aliphatic carbocycles. The van der Waals surface area contributed by atoms with Gasteiger partial charge in [-0.3, -0.25) is 4.79 Å². The first-order chi connectivity index (χ1) is 6.56. The average molecular weight is 199 g/mol. The van der Waals surface area contributed by atoms with Gasteiger partial charge in [-0.05, 0) is 33.9 Å². The number of carbonyl (C=O) groups excluding carboxylic acids is 1. The molecule has 82 valence electrons. The Balaban J connectivity index is 2.38. The van der Waals surface area contributed by atoms with Crippen LogP contribution in [0.4, 0.5) is 0 Å². The summed E-state index contributed by atoms with van der Waals surface area (Å²) in [4.78, 5) is 13.7. The van der Waals surface area contributed by atoms with Crippen molar-refractivity contribution in [3.8, 4) is 0 Å². The lowest BCUT2D eigenvalue weighted by Gasteiger charge is -2.38. The van der Waals surface area contributed by atoms with Crippen LogP contribution >= 0.6 is 0 Å². The van der Waals surface area contributed by atoms with Crippen LogP contribution in [0.15, 0.2) is 0 Å². The van der Waals surface area contributed by atoms with Crippen molar-refractivity contribution in [2.45, 2.75) is 25.3 Å². The minimum absolute atomic E-state index is 0.000440. The summed E-state index contributed by atoms with van der Waals surface area (Å²) in [5.41, 5.74) is 0.000440. The van der Waals surface area contributed by atoms with E-state index < -0.39 is 0 Å². The highest BCUT2D eigenvalue weighted by Crippen LogP contribution is 2.20. The molecule has 1 amide bonds. The summed E-state index contributed by atoms with van der Waals surface area (Å²) in [5, 5.41) is 5.95. The van der Waals surface area contributed by atoms with Crippen molar-refractivity contribution >= 4 is 5.91 Å². The van der Waals surface area contributed by atoms with Crippen LogP contribution in [-0.2, 0) is 4.79 Å². The van der Waals surface area contributed by atoms with Crippen LogP contribution in [-0.4, -0.2) is 50.1 Å². The molecule has 0 bridgehead atoms. The second-order valence-corrected chi connectivity index (χ2v) is 4.44. The molecule has 0 aromatic carbocycles. The molecule has 1 fully saturated rings. The van der Waals surface area contributed by atoms with Gasteiger partial charge >= 0.3 is 0 Å². The fourth-order valence-electron chi connectivity index (χ4n) is 1.78. The molecule has 4 heteroatoms. The first-order valence-corrected chi connectivity index (χ1v) is 5.20. The fourth-order valence-corrected chi connectivity index (χ4v) is 1.78. The minimum Gasteiger partial charge on any atom is -0.350 e. The molecule has 0 saturated carbocycles. The number of piperidine rings is 1. The summed E-state index contributed by atoms with van der Waals surface area (Å²) < 4.78 is 0. The summed E-state index contributed by atoms with van der Waals surface area (Å²) in [7, 11) is 3.91. The van der Waals surface area contributed by atoms with Gasteiger partial charge in [-0.2, -0.15) is 0 Å². The summed E-state index contributed by atoms with van der Waals surface area (Å²) in [6, 6.07) is 0. The number of rotatable bonds is 3. The molecule has 4 nitrogen and oxygen atoms in total. The van der Waals surface area contributed by atoms with Gasteiger partial charge < -0.3 is 15.5 Å². The van der Waals surface area contributed by atoms with Gasteiger partial charge in [-0.25, -0.2) is 0 Å². The Morgan fingerprint density at radius 3 is 2.50 bits per heavy atom. The SMILES string of the molecule is CNCC(=O)NC1(C)CCN(C)CC1. The molecule has 0 aromatic rings. The molecular weight excluding hydrogens is 178 g/mol. The molecule has 1 aliphatic rings. The van der Waals surface area contributed by atoms with E-state index in [0.717, 1.165) is 25.9 Å². The Morgan fingerprint density at radius 1 is 1.43 bits per heavy atom. The maximum atomic E-state index is 11.4. The normalized spacial score (nSPS) is 21.9. The Morgan fingerprint density at radius 2 is 2.00 bits per heavy atom. The molecule has 0 spiro atoms. The number of nitrogens with one attached hydrogen (secondary N) is 2. The molecule has 1 saturated heterocycles. The maximum absolute atomic E-state index is 11.4. The van der Waals surface area contributed by atoms with Crippen molar-refractivity contribution in [3.05, 3.63) is 0 Å². The van der Waals surface area contributed by atoms with Gasteiger partial charge in [0, 0.05) is 18.6 Å². The molecule has 14 heavy (non-hydrogen) atoms. The third kappa shape index (κ3) is 3.27. The summed E-state index contributed by atoms with van der Waals surface area (Å²) >= 11 is 0. The topological polar surface area (TPSA) is 44.4 Å². The summed E-state index contributed by atoms with van der Waals surface area (Å²) in [5.74, 6) is 0.0968. The van der Waals surface area contributed by atoms with Crippen LogP contribution in [0.1, 0.15) is 19.8 Å². The molecule has 2 N–H and O–H groups in total. The Labute approximate surface area is 86.0 Å². The first-order valence-electron chi connectivity index (χ1n) is 5.20. The van der Waals surface area contributed by atoms with Crippen LogP contribution in [0.2, 0.25) is 0 Å². The summed E-state index contributed by atoms with van der Waals surface area (Å²) in [6.07, 6.45) is 2.08. The van der Waals surface area contributed by atoms with Crippen LogP contribution in [0.5, 0.6) is 0 Å². The van der Waals surface area contributed by atoms with Gasteiger partial charge in [-0.1, -0.05) is 0 Å². The highest BCUT2D eigenvalue weighted by molar-refractivity contribution is 5.78. The number of likely N-dealkylation sites (N-methyl/N-ethyl adjacent to an activating group) is 1. The van der Waals surface area contributed by atoms with Crippen LogP contribution in [0.3, 0.4) is 0 Å². The van der Waals surface area contributed by atoms with Gasteiger partial charge in [0.15, 0.2) is 0 Å². The Hall–Kier alpha value is -0.610. The average Bonchev–Trinajstić information content (AvgIpc) is 2.11. The van der Waals surface area contributed by atoms with E-state index in [-0.39, 0.29) is 11.4 Å². The molecule has 0 aromatic heterocycles. The predicted molar refractivity (Wildman–Crippen MR) is 57.2 cm³/mol. The van der Waals surface area contributed by atoms with Crippen molar-refractivity contribution in [1.29, 1.82) is 0 Å². The minimum atomic E-state index is 0.000440. The van der Waals surface area contributed by atoms with E-state index in [0.29, 0.717) is 6.54 Å². The van der Waals surface area contributed by atoms with Crippen molar-refractivity contribution in [2.24, 2.45) is 0 Å². The van der Waals surface area contributed by atoms with E-state index in [1.54, 1.807) is 7.05 Å². The van der Waals surface area contributed by atoms with Crippen molar-refractivity contribution in [1.82, 2.24) is 15.5 Å². The lowest BCUT2D eigenvalue weighted by atomic mass is 9.90. The number of carbonyl (C=O) groups is 1. The molecule has 1 aliphatic heterocycles. The van der Waals surface area contributed by atoms with Gasteiger partial charge in [0.05, 0.1) is 6.54 Å². The molecule has 0 unspecified atom stereocenters. The van der Waals surface area contributed by atoms with Crippen molar-refractivity contribution < 1.29 is 4.79 Å². The maximum Gasteiger partial charge on any atom is 0.234 e. The van der Waals surface area contributed by atoms with E-state index in [1.165, 1.54) is 0 Å². The van der Waals surface area contributed by atoms with Crippen LogP contribution < -0.4 is 10.6 Å². The zero-order valence-corrected chi connectivity index (χ0v) is 9.39. The van der Waals surface area contributed by atoms with E-state index >= 15 is 0 Å². The highest BCUT2D eigenvalue weighted by atomic mass is 16.2. The largest absolute Gasteiger partial charge is 0.350 e. The number of likely N-dealkylation sites (tertiary alicyclic amines) is 1. The second kappa shape index (κ2) is 4.75. The van der Waals surface area contributed by atoms with E-state index in [4.69, 9.17) is 0 Å². The Bertz CT molecular complexity index is 198. The number of amides is 1. The van der Waals surface area contributed by atoms with Gasteiger partial charge in [-0.15, -0.1) is 0 Å². The highest BCUT2D eigenvalue weighted by Gasteiger charge is 2.29. The van der Waals surface area contributed by atoms with Crippen LogP contribution in [0.25, 0.3) is 0 Å². The third-order valence-electron chi connectivity index (χ3n) is 2.87. The Kier molecular flexibility index (Phi) is 3.89. The molecule has 0 atom stereocenters. The first kappa shape index (κ1) is 11.5.